The van der Waals surface area contributed by atoms with E-state index in [1.54, 1.807) is 13.2 Å². The van der Waals surface area contributed by atoms with Crippen molar-refractivity contribution >= 4 is 11.6 Å². The second kappa shape index (κ2) is 4.63. The minimum atomic E-state index is 0.381. The van der Waals surface area contributed by atoms with Gasteiger partial charge in [-0.1, -0.05) is 11.6 Å². The van der Waals surface area contributed by atoms with Gasteiger partial charge in [0, 0.05) is 7.11 Å². The number of ether oxygens (including phenoxy) is 1. The molecule has 0 unspecified atom stereocenters. The molecule has 4 nitrogen and oxygen atoms in total. The quantitative estimate of drug-likeness (QED) is 0.772. The van der Waals surface area contributed by atoms with Gasteiger partial charge in [-0.25, -0.2) is 9.97 Å². The zero-order chi connectivity index (χ0) is 11.5. The summed E-state index contributed by atoms with van der Waals surface area (Å²) < 4.78 is 10.4. The standard InChI is InChI=1S/C11H11ClN2O2/c1-7-3-4-9(16-7)11-13-8(6-15-2)5-10(12)14-11/h3-5H,6H2,1-2H3. The van der Waals surface area contributed by atoms with Crippen LogP contribution in [0.3, 0.4) is 0 Å². The van der Waals surface area contributed by atoms with Crippen LogP contribution in [0.25, 0.3) is 11.6 Å². The van der Waals surface area contributed by atoms with Gasteiger partial charge in [-0.15, -0.1) is 0 Å². The van der Waals surface area contributed by atoms with Gasteiger partial charge in [-0.2, -0.15) is 0 Å². The molecule has 0 fully saturated rings. The molecule has 2 aromatic heterocycles. The first-order valence-corrected chi connectivity index (χ1v) is 5.16. The van der Waals surface area contributed by atoms with Crippen molar-refractivity contribution in [2.75, 3.05) is 7.11 Å². The summed E-state index contributed by atoms with van der Waals surface area (Å²) in [5.41, 5.74) is 0.728. The van der Waals surface area contributed by atoms with Gasteiger partial charge in [-0.05, 0) is 25.1 Å². The van der Waals surface area contributed by atoms with E-state index in [1.165, 1.54) is 0 Å². The highest BCUT2D eigenvalue weighted by Gasteiger charge is 2.09. The third-order valence-electron chi connectivity index (χ3n) is 2.00. The zero-order valence-electron chi connectivity index (χ0n) is 9.03. The van der Waals surface area contributed by atoms with Gasteiger partial charge in [0.2, 0.25) is 0 Å². The Labute approximate surface area is 98.2 Å². The molecule has 2 aromatic rings. The van der Waals surface area contributed by atoms with E-state index < -0.39 is 0 Å². The second-order valence-corrected chi connectivity index (χ2v) is 3.74. The molecule has 0 spiro atoms. The van der Waals surface area contributed by atoms with E-state index in [0.717, 1.165) is 11.5 Å². The molecule has 0 saturated heterocycles. The fraction of sp³-hybridized carbons (Fsp3) is 0.273. The van der Waals surface area contributed by atoms with E-state index in [9.17, 15) is 0 Å². The maximum atomic E-state index is 5.89. The van der Waals surface area contributed by atoms with Crippen LogP contribution in [0.1, 0.15) is 11.5 Å². The van der Waals surface area contributed by atoms with Crippen LogP contribution >= 0.6 is 11.6 Å². The smallest absolute Gasteiger partial charge is 0.197 e. The van der Waals surface area contributed by atoms with Crippen LogP contribution in [0.15, 0.2) is 22.6 Å². The zero-order valence-corrected chi connectivity index (χ0v) is 9.78. The summed E-state index contributed by atoms with van der Waals surface area (Å²) in [6.45, 7) is 2.26. The Hall–Kier alpha value is -1.39. The molecule has 0 amide bonds. The molecule has 16 heavy (non-hydrogen) atoms. The van der Waals surface area contributed by atoms with Gasteiger partial charge in [0.1, 0.15) is 10.9 Å². The molecular weight excluding hydrogens is 228 g/mol. The number of halogens is 1. The molecule has 2 rings (SSSR count). The Kier molecular flexibility index (Phi) is 3.22. The lowest BCUT2D eigenvalue weighted by atomic mass is 10.3. The third kappa shape index (κ3) is 2.40. The lowest BCUT2D eigenvalue weighted by molar-refractivity contribution is 0.181. The molecule has 84 valence electrons. The minimum absolute atomic E-state index is 0.381. The van der Waals surface area contributed by atoms with Crippen LogP contribution in [0, 0.1) is 6.92 Å². The number of hydrogen-bond donors (Lipinski definition) is 0. The SMILES string of the molecule is COCc1cc(Cl)nc(-c2ccc(C)o2)n1. The highest BCUT2D eigenvalue weighted by molar-refractivity contribution is 6.29. The van der Waals surface area contributed by atoms with Crippen LogP contribution < -0.4 is 0 Å². The molecule has 0 N–H and O–H groups in total. The normalized spacial score (nSPS) is 10.7. The van der Waals surface area contributed by atoms with Crippen molar-refractivity contribution in [3.05, 3.63) is 34.8 Å². The molecule has 2 heterocycles. The van der Waals surface area contributed by atoms with Crippen molar-refractivity contribution in [3.8, 4) is 11.6 Å². The largest absolute Gasteiger partial charge is 0.458 e. The first kappa shape index (κ1) is 11.1. The molecular formula is C11H11ClN2O2. The first-order chi connectivity index (χ1) is 7.69. The van der Waals surface area contributed by atoms with Crippen LogP contribution in [0.4, 0.5) is 0 Å². The van der Waals surface area contributed by atoms with Crippen molar-refractivity contribution in [1.82, 2.24) is 9.97 Å². The van der Waals surface area contributed by atoms with Crippen LogP contribution in [0.5, 0.6) is 0 Å². The minimum Gasteiger partial charge on any atom is -0.458 e. The number of nitrogens with zero attached hydrogens (tertiary/aromatic N) is 2. The topological polar surface area (TPSA) is 48.2 Å². The molecule has 0 aliphatic carbocycles. The number of aromatic nitrogens is 2. The number of methoxy groups -OCH3 is 1. The summed E-state index contributed by atoms with van der Waals surface area (Å²) in [4.78, 5) is 8.40. The summed E-state index contributed by atoms with van der Waals surface area (Å²) in [6.07, 6.45) is 0. The van der Waals surface area contributed by atoms with Crippen molar-refractivity contribution in [3.63, 3.8) is 0 Å². The average Bonchev–Trinajstić information content (AvgIpc) is 2.64. The van der Waals surface area contributed by atoms with Crippen LogP contribution in [0.2, 0.25) is 5.15 Å². The molecule has 0 atom stereocenters. The van der Waals surface area contributed by atoms with E-state index in [2.05, 4.69) is 9.97 Å². The third-order valence-corrected chi connectivity index (χ3v) is 2.19. The molecule has 5 heteroatoms. The molecule has 0 aromatic carbocycles. The second-order valence-electron chi connectivity index (χ2n) is 3.35. The van der Waals surface area contributed by atoms with Crippen molar-refractivity contribution in [2.24, 2.45) is 0 Å². The molecule has 0 aliphatic heterocycles. The first-order valence-electron chi connectivity index (χ1n) is 4.78. The summed E-state index contributed by atoms with van der Waals surface area (Å²) in [6, 6.07) is 5.34. The fourth-order valence-corrected chi connectivity index (χ4v) is 1.56. The van der Waals surface area contributed by atoms with Gasteiger partial charge >= 0.3 is 0 Å². The predicted octanol–water partition coefficient (Wildman–Crippen LogP) is 2.84. The van der Waals surface area contributed by atoms with E-state index in [4.69, 9.17) is 20.8 Å². The predicted molar refractivity (Wildman–Crippen MR) is 60.2 cm³/mol. The Balaban J connectivity index is 2.40. The van der Waals surface area contributed by atoms with E-state index >= 15 is 0 Å². The van der Waals surface area contributed by atoms with Gasteiger partial charge in [0.15, 0.2) is 11.6 Å². The van der Waals surface area contributed by atoms with Gasteiger partial charge in [-0.3, -0.25) is 0 Å². The molecule has 0 saturated carbocycles. The van der Waals surface area contributed by atoms with Crippen molar-refractivity contribution < 1.29 is 9.15 Å². The van der Waals surface area contributed by atoms with Gasteiger partial charge in [0.25, 0.3) is 0 Å². The summed E-state index contributed by atoms with van der Waals surface area (Å²) >= 11 is 5.89. The number of furan rings is 1. The Bertz CT molecular complexity index is 496. The highest BCUT2D eigenvalue weighted by atomic mass is 35.5. The number of aryl methyl sites for hydroxylation is 1. The molecule has 0 bridgehead atoms. The van der Waals surface area contributed by atoms with E-state index in [0.29, 0.717) is 23.3 Å². The monoisotopic (exact) mass is 238 g/mol. The Morgan fingerprint density at radius 3 is 2.81 bits per heavy atom. The summed E-state index contributed by atoms with van der Waals surface area (Å²) in [5.74, 6) is 1.90. The summed E-state index contributed by atoms with van der Waals surface area (Å²) in [7, 11) is 1.60. The maximum absolute atomic E-state index is 5.89. The molecule has 0 aliphatic rings. The van der Waals surface area contributed by atoms with Crippen molar-refractivity contribution in [2.45, 2.75) is 13.5 Å². The van der Waals surface area contributed by atoms with E-state index in [1.807, 2.05) is 19.1 Å². The van der Waals surface area contributed by atoms with Crippen LogP contribution in [-0.4, -0.2) is 17.1 Å². The average molecular weight is 239 g/mol. The van der Waals surface area contributed by atoms with Crippen molar-refractivity contribution in [1.29, 1.82) is 0 Å². The van der Waals surface area contributed by atoms with Gasteiger partial charge < -0.3 is 9.15 Å². The van der Waals surface area contributed by atoms with E-state index in [-0.39, 0.29) is 0 Å². The molecule has 0 radical (unpaired) electrons. The Morgan fingerprint density at radius 2 is 2.19 bits per heavy atom. The number of rotatable bonds is 3. The maximum Gasteiger partial charge on any atom is 0.197 e. The Morgan fingerprint density at radius 1 is 1.38 bits per heavy atom. The fourth-order valence-electron chi connectivity index (χ4n) is 1.35. The van der Waals surface area contributed by atoms with Gasteiger partial charge in [0.05, 0.1) is 12.3 Å². The highest BCUT2D eigenvalue weighted by Crippen LogP contribution is 2.20. The lowest BCUT2D eigenvalue weighted by Crippen LogP contribution is -1.97. The van der Waals surface area contributed by atoms with Crippen LogP contribution in [-0.2, 0) is 11.3 Å². The number of hydrogen-bond acceptors (Lipinski definition) is 4. The summed E-state index contributed by atoms with van der Waals surface area (Å²) in [5, 5.41) is 0.381. The lowest BCUT2D eigenvalue weighted by Gasteiger charge is -2.02.